The van der Waals surface area contributed by atoms with Gasteiger partial charge in [-0.3, -0.25) is 9.59 Å². The highest BCUT2D eigenvalue weighted by Gasteiger charge is 2.57. The van der Waals surface area contributed by atoms with Gasteiger partial charge in [0.25, 0.3) is 5.91 Å². The Kier molecular flexibility index (Phi) is 6.25. The van der Waals surface area contributed by atoms with Crippen molar-refractivity contribution in [2.45, 2.75) is 65.3 Å². The normalized spacial score (nSPS) is 26.7. The maximum atomic E-state index is 13.2. The van der Waals surface area contributed by atoms with Gasteiger partial charge >= 0.3 is 5.97 Å². The summed E-state index contributed by atoms with van der Waals surface area (Å²) in [5.74, 6) is 1.06. The summed E-state index contributed by atoms with van der Waals surface area (Å²) in [6, 6.07) is 6.51. The third kappa shape index (κ3) is 4.43. The predicted molar refractivity (Wildman–Crippen MR) is 127 cm³/mol. The molecular weight excluding hydrogens is 406 g/mol. The van der Waals surface area contributed by atoms with E-state index in [0.717, 1.165) is 34.9 Å². The number of hydrogen-bond acceptors (Lipinski definition) is 3. The summed E-state index contributed by atoms with van der Waals surface area (Å²) in [5, 5.41) is 15.2. The van der Waals surface area contributed by atoms with Crippen LogP contribution in [0.15, 0.2) is 35.7 Å². The van der Waals surface area contributed by atoms with E-state index in [0.29, 0.717) is 29.6 Å². The molecule has 1 amide bonds. The van der Waals surface area contributed by atoms with Crippen molar-refractivity contribution in [3.63, 3.8) is 0 Å². The number of aliphatic carboxylic acids is 1. The number of fused-ring (bicyclic) bond motifs is 3. The molecule has 2 N–H and O–H groups in total. The van der Waals surface area contributed by atoms with Crippen LogP contribution in [0.4, 0.5) is 0 Å². The summed E-state index contributed by atoms with van der Waals surface area (Å²) in [7, 11) is 0. The number of rotatable bonds is 8. The van der Waals surface area contributed by atoms with Crippen molar-refractivity contribution >= 4 is 33.3 Å². The van der Waals surface area contributed by atoms with Crippen LogP contribution in [-0.2, 0) is 4.79 Å². The highest BCUT2D eigenvalue weighted by atomic mass is 32.1. The molecule has 4 atom stereocenters. The maximum Gasteiger partial charge on any atom is 0.303 e. The summed E-state index contributed by atoms with van der Waals surface area (Å²) in [6.07, 6.45) is 9.29. The minimum atomic E-state index is -0.734. The van der Waals surface area contributed by atoms with E-state index in [-0.39, 0.29) is 18.4 Å². The maximum absolute atomic E-state index is 13.2. The number of carbonyl (C=O) groups is 2. The van der Waals surface area contributed by atoms with E-state index in [2.05, 4.69) is 56.4 Å². The highest BCUT2D eigenvalue weighted by Crippen LogP contribution is 2.62. The van der Waals surface area contributed by atoms with Crippen molar-refractivity contribution in [3.05, 3.63) is 46.9 Å². The SMILES string of the molecule is Cc1ccc2scc(C(=O)N[C@H]3C[C@H]4C[C@@H]([C@H]3CC=CCCCC(=O)O)C4(C)C)c2c1. The van der Waals surface area contributed by atoms with E-state index in [1.54, 1.807) is 11.3 Å². The van der Waals surface area contributed by atoms with Gasteiger partial charge in [-0.05, 0) is 74.3 Å². The van der Waals surface area contributed by atoms with Crippen LogP contribution in [0.2, 0.25) is 0 Å². The largest absolute Gasteiger partial charge is 0.481 e. The van der Waals surface area contributed by atoms with Crippen molar-refractivity contribution in [2.75, 3.05) is 0 Å². The minimum absolute atomic E-state index is 0.0522. The number of allylic oxidation sites excluding steroid dienone is 2. The van der Waals surface area contributed by atoms with Gasteiger partial charge in [-0.15, -0.1) is 11.3 Å². The average Bonchev–Trinajstić information content (AvgIpc) is 3.13. The van der Waals surface area contributed by atoms with Crippen LogP contribution in [0, 0.1) is 30.1 Å². The van der Waals surface area contributed by atoms with Crippen LogP contribution >= 0.6 is 11.3 Å². The smallest absolute Gasteiger partial charge is 0.303 e. The Balaban J connectivity index is 1.45. The van der Waals surface area contributed by atoms with Gasteiger partial charge in [0.15, 0.2) is 0 Å². The number of aryl methyl sites for hydroxylation is 1. The molecule has 3 saturated carbocycles. The van der Waals surface area contributed by atoms with Crippen molar-refractivity contribution in [2.24, 2.45) is 23.2 Å². The van der Waals surface area contributed by atoms with Gasteiger partial charge in [0.1, 0.15) is 0 Å². The lowest BCUT2D eigenvalue weighted by molar-refractivity contribution is -0.137. The van der Waals surface area contributed by atoms with Crippen LogP contribution < -0.4 is 5.32 Å². The topological polar surface area (TPSA) is 66.4 Å². The molecule has 2 aromatic rings. The lowest BCUT2D eigenvalue weighted by Gasteiger charge is -2.62. The molecule has 3 fully saturated rings. The Morgan fingerprint density at radius 1 is 1.26 bits per heavy atom. The zero-order valence-corrected chi connectivity index (χ0v) is 19.5. The lowest BCUT2D eigenvalue weighted by atomic mass is 9.44. The fourth-order valence-corrected chi connectivity index (χ4v) is 6.67. The number of amides is 1. The van der Waals surface area contributed by atoms with Crippen molar-refractivity contribution in [1.82, 2.24) is 5.32 Å². The van der Waals surface area contributed by atoms with E-state index in [9.17, 15) is 9.59 Å². The quantitative estimate of drug-likeness (QED) is 0.381. The molecule has 1 heterocycles. The summed E-state index contributed by atoms with van der Waals surface area (Å²) in [5.41, 5.74) is 2.31. The molecule has 5 rings (SSSR count). The van der Waals surface area contributed by atoms with Crippen molar-refractivity contribution in [1.29, 1.82) is 0 Å². The van der Waals surface area contributed by atoms with Crippen LogP contribution in [0.5, 0.6) is 0 Å². The molecule has 0 saturated heterocycles. The zero-order valence-electron chi connectivity index (χ0n) is 18.7. The summed E-state index contributed by atoms with van der Waals surface area (Å²) < 4.78 is 1.16. The molecule has 0 radical (unpaired) electrons. The number of carbonyl (C=O) groups excluding carboxylic acids is 1. The average molecular weight is 440 g/mol. The monoisotopic (exact) mass is 439 g/mol. The molecule has 0 spiro atoms. The molecule has 31 heavy (non-hydrogen) atoms. The lowest BCUT2D eigenvalue weighted by Crippen LogP contribution is -2.61. The number of thiophene rings is 1. The Labute approximate surface area is 188 Å². The third-order valence-electron chi connectivity index (χ3n) is 7.74. The van der Waals surface area contributed by atoms with E-state index >= 15 is 0 Å². The second kappa shape index (κ2) is 8.78. The summed E-state index contributed by atoms with van der Waals surface area (Å²) >= 11 is 1.63. The van der Waals surface area contributed by atoms with E-state index in [4.69, 9.17) is 5.11 Å². The van der Waals surface area contributed by atoms with Crippen LogP contribution in [0.25, 0.3) is 10.1 Å². The molecule has 5 heteroatoms. The first-order valence-corrected chi connectivity index (χ1v) is 12.3. The number of nitrogens with one attached hydrogen (secondary N) is 1. The van der Waals surface area contributed by atoms with Crippen LogP contribution in [-0.4, -0.2) is 23.0 Å². The molecule has 4 nitrogen and oxygen atoms in total. The van der Waals surface area contributed by atoms with Gasteiger partial charge in [-0.25, -0.2) is 0 Å². The van der Waals surface area contributed by atoms with Gasteiger partial charge < -0.3 is 10.4 Å². The molecule has 0 aliphatic heterocycles. The van der Waals surface area contributed by atoms with E-state index < -0.39 is 5.97 Å². The Hall–Kier alpha value is -2.14. The predicted octanol–water partition coefficient (Wildman–Crippen LogP) is 6.19. The van der Waals surface area contributed by atoms with Gasteiger partial charge in [-0.1, -0.05) is 37.6 Å². The highest BCUT2D eigenvalue weighted by molar-refractivity contribution is 7.17. The number of hydrogen-bond donors (Lipinski definition) is 2. The second-order valence-electron chi connectivity index (χ2n) is 9.98. The van der Waals surface area contributed by atoms with Crippen molar-refractivity contribution in [3.8, 4) is 0 Å². The molecule has 1 aromatic carbocycles. The first-order valence-electron chi connectivity index (χ1n) is 11.4. The number of carboxylic acid groups (broad SMARTS) is 1. The Morgan fingerprint density at radius 2 is 2.06 bits per heavy atom. The molecule has 166 valence electrons. The molecule has 3 aliphatic rings. The number of carboxylic acids is 1. The fraction of sp³-hybridized carbons (Fsp3) is 0.538. The molecular formula is C26H33NO3S. The van der Waals surface area contributed by atoms with Gasteiger partial charge in [0.05, 0.1) is 5.56 Å². The van der Waals surface area contributed by atoms with Gasteiger partial charge in [-0.2, -0.15) is 0 Å². The first-order chi connectivity index (χ1) is 14.8. The summed E-state index contributed by atoms with van der Waals surface area (Å²) in [6.45, 7) is 6.82. The van der Waals surface area contributed by atoms with Gasteiger partial charge in [0, 0.05) is 27.9 Å². The second-order valence-corrected chi connectivity index (χ2v) is 10.9. The molecule has 0 unspecified atom stereocenters. The molecule has 1 aromatic heterocycles. The van der Waals surface area contributed by atoms with E-state index in [1.807, 2.05) is 5.38 Å². The minimum Gasteiger partial charge on any atom is -0.481 e. The first kappa shape index (κ1) is 22.1. The molecule has 2 bridgehead atoms. The number of unbranched alkanes of at least 4 members (excludes halogenated alkanes) is 1. The van der Waals surface area contributed by atoms with E-state index in [1.165, 1.54) is 12.0 Å². The standard InChI is InChI=1S/C26H33NO3S/c1-16-10-11-23-19(12-16)20(15-31-23)25(30)27-22-14-17-13-21(26(17,2)3)18(22)8-6-4-5-7-9-24(28)29/h4,6,10-12,15,17-18,21-22H,5,7-9,13-14H2,1-3H3,(H,27,30)(H,28,29)/t17-,18-,21+,22+/m1/s1. The van der Waals surface area contributed by atoms with Crippen LogP contribution in [0.3, 0.4) is 0 Å². The summed E-state index contributed by atoms with van der Waals surface area (Å²) in [4.78, 5) is 23.9. The third-order valence-corrected chi connectivity index (χ3v) is 8.71. The Morgan fingerprint density at radius 3 is 2.81 bits per heavy atom. The molecule has 3 aliphatic carbocycles. The Bertz CT molecular complexity index is 1010. The van der Waals surface area contributed by atoms with Gasteiger partial charge in [0.2, 0.25) is 0 Å². The van der Waals surface area contributed by atoms with Crippen LogP contribution in [0.1, 0.15) is 68.3 Å². The number of benzene rings is 1. The fourth-order valence-electron chi connectivity index (χ4n) is 5.75. The van der Waals surface area contributed by atoms with Crippen molar-refractivity contribution < 1.29 is 14.7 Å². The zero-order chi connectivity index (χ0) is 22.2.